The summed E-state index contributed by atoms with van der Waals surface area (Å²) in [5, 5.41) is 5.32. The highest BCUT2D eigenvalue weighted by Crippen LogP contribution is 2.28. The van der Waals surface area contributed by atoms with Gasteiger partial charge in [0.1, 0.15) is 6.26 Å². The molecule has 174 valence electrons. The van der Waals surface area contributed by atoms with Crippen LogP contribution in [0.4, 0.5) is 11.4 Å². The molecule has 0 spiro atoms. The fraction of sp³-hybridized carbons (Fsp3) is 0.417. The van der Waals surface area contributed by atoms with Gasteiger partial charge in [-0.05, 0) is 55.9 Å². The largest absolute Gasteiger partial charge is 0.472 e. The van der Waals surface area contributed by atoms with Gasteiger partial charge in [-0.3, -0.25) is 19.2 Å². The first-order chi connectivity index (χ1) is 15.9. The van der Waals surface area contributed by atoms with Crippen molar-refractivity contribution in [3.63, 3.8) is 0 Å². The van der Waals surface area contributed by atoms with E-state index in [0.717, 1.165) is 30.5 Å². The average Bonchev–Trinajstić information content (AvgIpc) is 3.50. The molecular formula is C24H28N4O5. The number of anilines is 2. The van der Waals surface area contributed by atoms with Gasteiger partial charge in [-0.2, -0.15) is 0 Å². The third-order valence-corrected chi connectivity index (χ3v) is 6.26. The van der Waals surface area contributed by atoms with Gasteiger partial charge in [-0.15, -0.1) is 0 Å². The number of rotatable bonds is 5. The standard InChI is InChI=1S/C24H28N4O5/c1-16-4-5-19(13-20(16)28-9-2-3-21(28)29)26-23(31)22(30)25-14-17-6-10-27(11-7-17)24(32)18-8-12-33-15-18/h4-5,8,12-13,15,17H,2-3,6-7,9-11,14H2,1H3,(H,25,30)(H,26,31). The van der Waals surface area contributed by atoms with Crippen molar-refractivity contribution in [3.05, 3.63) is 47.9 Å². The van der Waals surface area contributed by atoms with Crippen LogP contribution in [0, 0.1) is 12.8 Å². The van der Waals surface area contributed by atoms with E-state index in [1.165, 1.54) is 12.5 Å². The molecular weight excluding hydrogens is 424 g/mol. The zero-order valence-electron chi connectivity index (χ0n) is 18.6. The fourth-order valence-corrected chi connectivity index (χ4v) is 4.29. The molecule has 0 saturated carbocycles. The normalized spacial score (nSPS) is 16.7. The van der Waals surface area contributed by atoms with Gasteiger partial charge in [0.15, 0.2) is 0 Å². The number of likely N-dealkylation sites (tertiary alicyclic amines) is 1. The summed E-state index contributed by atoms with van der Waals surface area (Å²) in [7, 11) is 0. The summed E-state index contributed by atoms with van der Waals surface area (Å²) in [6.45, 7) is 4.13. The van der Waals surface area contributed by atoms with Crippen LogP contribution in [0.2, 0.25) is 0 Å². The third-order valence-electron chi connectivity index (χ3n) is 6.26. The summed E-state index contributed by atoms with van der Waals surface area (Å²) in [4.78, 5) is 52.6. The summed E-state index contributed by atoms with van der Waals surface area (Å²) in [6.07, 6.45) is 5.74. The summed E-state index contributed by atoms with van der Waals surface area (Å²) in [5.41, 5.74) is 2.70. The van der Waals surface area contributed by atoms with Crippen molar-refractivity contribution in [2.45, 2.75) is 32.6 Å². The van der Waals surface area contributed by atoms with Crippen LogP contribution in [0.25, 0.3) is 0 Å². The summed E-state index contributed by atoms with van der Waals surface area (Å²) >= 11 is 0. The van der Waals surface area contributed by atoms with Crippen LogP contribution in [-0.2, 0) is 14.4 Å². The van der Waals surface area contributed by atoms with E-state index >= 15 is 0 Å². The molecule has 0 radical (unpaired) electrons. The number of furan rings is 1. The lowest BCUT2D eigenvalue weighted by atomic mass is 9.96. The Morgan fingerprint density at radius 3 is 2.55 bits per heavy atom. The molecule has 4 rings (SSSR count). The van der Waals surface area contributed by atoms with Gasteiger partial charge in [-0.1, -0.05) is 6.07 Å². The molecule has 0 aliphatic carbocycles. The second-order valence-electron chi connectivity index (χ2n) is 8.56. The summed E-state index contributed by atoms with van der Waals surface area (Å²) in [6, 6.07) is 6.92. The van der Waals surface area contributed by atoms with Gasteiger partial charge in [0.2, 0.25) is 5.91 Å². The summed E-state index contributed by atoms with van der Waals surface area (Å²) in [5.74, 6) is -1.24. The van der Waals surface area contributed by atoms with Gasteiger partial charge in [0.05, 0.1) is 11.8 Å². The number of amides is 4. The fourth-order valence-electron chi connectivity index (χ4n) is 4.29. The molecule has 33 heavy (non-hydrogen) atoms. The number of aryl methyl sites for hydroxylation is 1. The zero-order chi connectivity index (χ0) is 23.4. The highest BCUT2D eigenvalue weighted by molar-refractivity contribution is 6.39. The number of carbonyl (C=O) groups excluding carboxylic acids is 4. The first-order valence-electron chi connectivity index (χ1n) is 11.2. The van der Waals surface area contributed by atoms with Gasteiger partial charge in [0.25, 0.3) is 5.91 Å². The predicted octanol–water partition coefficient (Wildman–Crippen LogP) is 2.32. The Morgan fingerprint density at radius 1 is 1.09 bits per heavy atom. The topological polar surface area (TPSA) is 112 Å². The van der Waals surface area contributed by atoms with Gasteiger partial charge < -0.3 is 24.9 Å². The molecule has 9 nitrogen and oxygen atoms in total. The maximum Gasteiger partial charge on any atom is 0.313 e. The molecule has 1 aromatic heterocycles. The molecule has 9 heteroatoms. The molecule has 0 bridgehead atoms. The second-order valence-corrected chi connectivity index (χ2v) is 8.56. The number of nitrogens with zero attached hydrogens (tertiary/aromatic N) is 2. The Kier molecular flexibility index (Phi) is 6.76. The van der Waals surface area contributed by atoms with E-state index in [0.29, 0.717) is 43.9 Å². The molecule has 2 aliphatic rings. The Morgan fingerprint density at radius 2 is 1.88 bits per heavy atom. The minimum absolute atomic E-state index is 0.0567. The van der Waals surface area contributed by atoms with Crippen molar-refractivity contribution in [2.75, 3.05) is 36.4 Å². The highest BCUT2D eigenvalue weighted by Gasteiger charge is 2.26. The average molecular weight is 453 g/mol. The van der Waals surface area contributed by atoms with Gasteiger partial charge >= 0.3 is 11.8 Å². The lowest BCUT2D eigenvalue weighted by Crippen LogP contribution is -2.43. The number of benzene rings is 1. The van der Waals surface area contributed by atoms with Crippen molar-refractivity contribution >= 4 is 35.0 Å². The van der Waals surface area contributed by atoms with Crippen LogP contribution < -0.4 is 15.5 Å². The number of nitrogens with one attached hydrogen (secondary N) is 2. The minimum atomic E-state index is -0.745. The number of piperidine rings is 1. The van der Waals surface area contributed by atoms with Crippen LogP contribution >= 0.6 is 0 Å². The van der Waals surface area contributed by atoms with E-state index < -0.39 is 11.8 Å². The lowest BCUT2D eigenvalue weighted by Gasteiger charge is -2.31. The van der Waals surface area contributed by atoms with Crippen LogP contribution in [0.1, 0.15) is 41.6 Å². The lowest BCUT2D eigenvalue weighted by molar-refractivity contribution is -0.136. The van der Waals surface area contributed by atoms with Gasteiger partial charge in [-0.25, -0.2) is 0 Å². The van der Waals surface area contributed by atoms with Crippen molar-refractivity contribution in [2.24, 2.45) is 5.92 Å². The molecule has 2 saturated heterocycles. The Hall–Kier alpha value is -3.62. The van der Waals surface area contributed by atoms with E-state index in [2.05, 4.69) is 10.6 Å². The molecule has 2 aromatic rings. The van der Waals surface area contributed by atoms with E-state index in [9.17, 15) is 19.2 Å². The molecule has 1 aromatic carbocycles. The number of carbonyl (C=O) groups is 4. The van der Waals surface area contributed by atoms with E-state index in [4.69, 9.17) is 4.42 Å². The Balaban J connectivity index is 1.25. The maximum absolute atomic E-state index is 12.4. The highest BCUT2D eigenvalue weighted by atomic mass is 16.3. The van der Waals surface area contributed by atoms with E-state index in [1.54, 1.807) is 28.0 Å². The number of hydrogen-bond donors (Lipinski definition) is 2. The van der Waals surface area contributed by atoms with E-state index in [1.807, 2.05) is 13.0 Å². The molecule has 4 amide bonds. The molecule has 2 aliphatic heterocycles. The monoisotopic (exact) mass is 452 g/mol. The quantitative estimate of drug-likeness (QED) is 0.677. The summed E-state index contributed by atoms with van der Waals surface area (Å²) < 4.78 is 4.97. The molecule has 0 atom stereocenters. The van der Waals surface area contributed by atoms with Crippen LogP contribution in [-0.4, -0.2) is 54.7 Å². The van der Waals surface area contributed by atoms with Crippen LogP contribution in [0.15, 0.2) is 41.2 Å². The van der Waals surface area contributed by atoms with Crippen LogP contribution in [0.3, 0.4) is 0 Å². The Labute approximate surface area is 192 Å². The molecule has 2 N–H and O–H groups in total. The molecule has 2 fully saturated rings. The minimum Gasteiger partial charge on any atom is -0.472 e. The second kappa shape index (κ2) is 9.89. The van der Waals surface area contributed by atoms with Crippen molar-refractivity contribution in [1.82, 2.24) is 10.2 Å². The predicted molar refractivity (Wildman–Crippen MR) is 122 cm³/mol. The smallest absolute Gasteiger partial charge is 0.313 e. The first-order valence-corrected chi connectivity index (χ1v) is 11.2. The first kappa shape index (κ1) is 22.6. The van der Waals surface area contributed by atoms with Crippen molar-refractivity contribution in [1.29, 1.82) is 0 Å². The third kappa shape index (κ3) is 5.24. The molecule has 3 heterocycles. The van der Waals surface area contributed by atoms with Crippen molar-refractivity contribution < 1.29 is 23.6 Å². The zero-order valence-corrected chi connectivity index (χ0v) is 18.6. The van der Waals surface area contributed by atoms with Crippen LogP contribution in [0.5, 0.6) is 0 Å². The number of hydrogen-bond acceptors (Lipinski definition) is 5. The SMILES string of the molecule is Cc1ccc(NC(=O)C(=O)NCC2CCN(C(=O)c3ccoc3)CC2)cc1N1CCCC1=O. The molecule has 0 unspecified atom stereocenters. The van der Waals surface area contributed by atoms with Gasteiger partial charge in [0, 0.05) is 44.0 Å². The maximum atomic E-state index is 12.4. The Bertz CT molecular complexity index is 1040. The van der Waals surface area contributed by atoms with E-state index in [-0.39, 0.29) is 17.7 Å². The van der Waals surface area contributed by atoms with Crippen molar-refractivity contribution in [3.8, 4) is 0 Å².